The van der Waals surface area contributed by atoms with Crippen LogP contribution in [0.15, 0.2) is 18.2 Å². The second kappa shape index (κ2) is 6.76. The van der Waals surface area contributed by atoms with Crippen molar-refractivity contribution in [2.24, 2.45) is 5.92 Å². The van der Waals surface area contributed by atoms with Gasteiger partial charge >= 0.3 is 0 Å². The third kappa shape index (κ3) is 3.36. The summed E-state index contributed by atoms with van der Waals surface area (Å²) in [6.07, 6.45) is 0.225. The lowest BCUT2D eigenvalue weighted by atomic mass is 10.1. The Morgan fingerprint density at radius 3 is 2.42 bits per heavy atom. The Balaban J connectivity index is 1.59. The largest absolute Gasteiger partial charge is 0.355 e. The first-order valence-corrected chi connectivity index (χ1v) is 8.13. The summed E-state index contributed by atoms with van der Waals surface area (Å²) >= 11 is 5.93. The average Bonchev–Trinajstić information content (AvgIpc) is 3.00. The predicted octanol–water partition coefficient (Wildman–Crippen LogP) is 0.900. The molecule has 1 aromatic carbocycles. The summed E-state index contributed by atoms with van der Waals surface area (Å²) in [7, 11) is 0. The van der Waals surface area contributed by atoms with E-state index in [-0.39, 0.29) is 40.6 Å². The fourth-order valence-electron chi connectivity index (χ4n) is 3.00. The lowest BCUT2D eigenvalue weighted by Gasteiger charge is -2.36. The average molecular weight is 354 g/mol. The number of carbonyl (C=O) groups is 3. The van der Waals surface area contributed by atoms with Crippen LogP contribution >= 0.6 is 11.6 Å². The van der Waals surface area contributed by atoms with Crippen LogP contribution in [0.3, 0.4) is 0 Å². The Morgan fingerprint density at radius 2 is 1.83 bits per heavy atom. The molecule has 3 amide bonds. The van der Waals surface area contributed by atoms with Crippen molar-refractivity contribution >= 4 is 29.3 Å². The van der Waals surface area contributed by atoms with E-state index >= 15 is 0 Å². The van der Waals surface area contributed by atoms with Crippen molar-refractivity contribution in [2.75, 3.05) is 32.7 Å². The van der Waals surface area contributed by atoms with Crippen LogP contribution in [0.25, 0.3) is 0 Å². The molecule has 24 heavy (non-hydrogen) atoms. The van der Waals surface area contributed by atoms with E-state index in [9.17, 15) is 18.8 Å². The number of carbonyl (C=O) groups excluding carboxylic acids is 3. The molecule has 0 spiro atoms. The number of nitrogens with zero attached hydrogens (tertiary/aromatic N) is 2. The minimum absolute atomic E-state index is 0.0553. The van der Waals surface area contributed by atoms with E-state index in [1.54, 1.807) is 9.80 Å². The maximum absolute atomic E-state index is 13.1. The maximum atomic E-state index is 13.1. The summed E-state index contributed by atoms with van der Waals surface area (Å²) in [6, 6.07) is 3.68. The number of nitrogens with one attached hydrogen (secondary N) is 1. The molecule has 1 atom stereocenters. The Labute approximate surface area is 143 Å². The van der Waals surface area contributed by atoms with Gasteiger partial charge in [0.25, 0.3) is 5.91 Å². The molecule has 1 N–H and O–H groups in total. The van der Waals surface area contributed by atoms with Gasteiger partial charge in [0.05, 0.1) is 16.5 Å². The minimum Gasteiger partial charge on any atom is -0.355 e. The Kier molecular flexibility index (Phi) is 4.71. The number of hydrogen-bond acceptors (Lipinski definition) is 3. The molecule has 2 fully saturated rings. The maximum Gasteiger partial charge on any atom is 0.255 e. The van der Waals surface area contributed by atoms with Crippen LogP contribution in [-0.2, 0) is 9.59 Å². The van der Waals surface area contributed by atoms with Gasteiger partial charge in [0, 0.05) is 39.1 Å². The van der Waals surface area contributed by atoms with E-state index in [1.165, 1.54) is 12.1 Å². The molecule has 2 aliphatic heterocycles. The van der Waals surface area contributed by atoms with Crippen LogP contribution in [0, 0.1) is 11.7 Å². The summed E-state index contributed by atoms with van der Waals surface area (Å²) < 4.78 is 13.1. The highest BCUT2D eigenvalue weighted by Gasteiger charge is 2.33. The molecule has 3 rings (SSSR count). The highest BCUT2D eigenvalue weighted by molar-refractivity contribution is 6.33. The van der Waals surface area contributed by atoms with Crippen molar-refractivity contribution in [3.8, 4) is 0 Å². The molecule has 128 valence electrons. The monoisotopic (exact) mass is 353 g/mol. The minimum atomic E-state index is -0.494. The van der Waals surface area contributed by atoms with E-state index in [0.29, 0.717) is 32.7 Å². The molecule has 1 aromatic rings. The van der Waals surface area contributed by atoms with Crippen molar-refractivity contribution < 1.29 is 18.8 Å². The standard InChI is InChI=1S/C16H17ClFN3O3/c17-13-8-11(18)1-2-12(13)16(24)21-5-3-20(4-6-21)15(23)10-7-14(22)19-9-10/h1-2,8,10H,3-7,9H2,(H,19,22). The molecular weight excluding hydrogens is 337 g/mol. The summed E-state index contributed by atoms with van der Waals surface area (Å²) in [5.41, 5.74) is 0.253. The SMILES string of the molecule is O=C1CC(C(=O)N2CCN(C(=O)c3ccc(F)cc3Cl)CC2)CN1. The fourth-order valence-corrected chi connectivity index (χ4v) is 3.25. The summed E-state index contributed by atoms with van der Waals surface area (Å²) in [5.74, 6) is -1.24. The predicted molar refractivity (Wildman–Crippen MR) is 85.0 cm³/mol. The van der Waals surface area contributed by atoms with Crippen LogP contribution in [0.1, 0.15) is 16.8 Å². The number of benzene rings is 1. The number of halogens is 2. The van der Waals surface area contributed by atoms with Gasteiger partial charge in [-0.15, -0.1) is 0 Å². The highest BCUT2D eigenvalue weighted by Crippen LogP contribution is 2.20. The van der Waals surface area contributed by atoms with Crippen LogP contribution in [0.2, 0.25) is 5.02 Å². The van der Waals surface area contributed by atoms with Crippen molar-refractivity contribution in [3.05, 3.63) is 34.6 Å². The smallest absolute Gasteiger partial charge is 0.255 e. The number of hydrogen-bond donors (Lipinski definition) is 1. The molecule has 2 saturated heterocycles. The van der Waals surface area contributed by atoms with Gasteiger partial charge in [0.15, 0.2) is 0 Å². The quantitative estimate of drug-likeness (QED) is 0.859. The van der Waals surface area contributed by atoms with Crippen molar-refractivity contribution in [1.29, 1.82) is 0 Å². The normalized spacial score (nSPS) is 20.9. The Morgan fingerprint density at radius 1 is 1.17 bits per heavy atom. The molecule has 0 bridgehead atoms. The number of rotatable bonds is 2. The zero-order valence-corrected chi connectivity index (χ0v) is 13.7. The Bertz CT molecular complexity index is 689. The van der Waals surface area contributed by atoms with Gasteiger partial charge in [-0.3, -0.25) is 14.4 Å². The molecule has 2 heterocycles. The van der Waals surface area contributed by atoms with Crippen LogP contribution in [-0.4, -0.2) is 60.2 Å². The molecule has 1 unspecified atom stereocenters. The van der Waals surface area contributed by atoms with E-state index in [2.05, 4.69) is 5.32 Å². The molecule has 0 aromatic heterocycles. The van der Waals surface area contributed by atoms with Gasteiger partial charge in [-0.05, 0) is 18.2 Å². The first kappa shape index (κ1) is 16.7. The first-order chi connectivity index (χ1) is 11.5. The van der Waals surface area contributed by atoms with Crippen LogP contribution < -0.4 is 5.32 Å². The van der Waals surface area contributed by atoms with E-state index in [1.807, 2.05) is 0 Å². The summed E-state index contributed by atoms with van der Waals surface area (Å²) in [4.78, 5) is 39.3. The number of amides is 3. The summed E-state index contributed by atoms with van der Waals surface area (Å²) in [5, 5.41) is 2.73. The Hall–Kier alpha value is -2.15. The highest BCUT2D eigenvalue weighted by atomic mass is 35.5. The topological polar surface area (TPSA) is 69.7 Å². The van der Waals surface area contributed by atoms with E-state index in [4.69, 9.17) is 11.6 Å². The molecular formula is C16H17ClFN3O3. The fraction of sp³-hybridized carbons (Fsp3) is 0.438. The molecule has 0 radical (unpaired) electrons. The van der Waals surface area contributed by atoms with Crippen LogP contribution in [0.5, 0.6) is 0 Å². The lowest BCUT2D eigenvalue weighted by molar-refractivity contribution is -0.137. The lowest BCUT2D eigenvalue weighted by Crippen LogP contribution is -2.52. The van der Waals surface area contributed by atoms with Gasteiger partial charge in [-0.25, -0.2) is 4.39 Å². The molecule has 0 saturated carbocycles. The molecule has 2 aliphatic rings. The van der Waals surface area contributed by atoms with Crippen LogP contribution in [0.4, 0.5) is 4.39 Å². The van der Waals surface area contributed by atoms with Gasteiger partial charge < -0.3 is 15.1 Å². The first-order valence-electron chi connectivity index (χ1n) is 7.75. The third-order valence-corrected chi connectivity index (χ3v) is 4.68. The molecule has 6 nitrogen and oxygen atoms in total. The van der Waals surface area contributed by atoms with Gasteiger partial charge in [0.1, 0.15) is 5.82 Å². The van der Waals surface area contributed by atoms with Crippen molar-refractivity contribution in [2.45, 2.75) is 6.42 Å². The van der Waals surface area contributed by atoms with Crippen molar-refractivity contribution in [3.63, 3.8) is 0 Å². The van der Waals surface area contributed by atoms with Gasteiger partial charge in [-0.2, -0.15) is 0 Å². The molecule has 0 aliphatic carbocycles. The van der Waals surface area contributed by atoms with Gasteiger partial charge in [-0.1, -0.05) is 11.6 Å². The van der Waals surface area contributed by atoms with E-state index < -0.39 is 5.82 Å². The second-order valence-electron chi connectivity index (χ2n) is 5.95. The van der Waals surface area contributed by atoms with Gasteiger partial charge in [0.2, 0.25) is 11.8 Å². The van der Waals surface area contributed by atoms with Crippen molar-refractivity contribution in [1.82, 2.24) is 15.1 Å². The second-order valence-corrected chi connectivity index (χ2v) is 6.35. The zero-order chi connectivity index (χ0) is 17.3. The van der Waals surface area contributed by atoms with E-state index in [0.717, 1.165) is 6.07 Å². The third-order valence-electron chi connectivity index (χ3n) is 4.37. The zero-order valence-electron chi connectivity index (χ0n) is 12.9. The molecule has 8 heteroatoms. The summed E-state index contributed by atoms with van der Waals surface area (Å²) in [6.45, 7) is 1.96. The number of piperazine rings is 1.